The lowest BCUT2D eigenvalue weighted by molar-refractivity contribution is 0.155. The second-order valence-corrected chi connectivity index (χ2v) is 3.86. The summed E-state index contributed by atoms with van der Waals surface area (Å²) in [7, 11) is 1.49. The highest BCUT2D eigenvalue weighted by Gasteiger charge is 2.13. The Bertz CT molecular complexity index is 325. The quantitative estimate of drug-likeness (QED) is 0.754. The molecule has 0 atom stereocenters. The van der Waals surface area contributed by atoms with Crippen molar-refractivity contribution in [2.24, 2.45) is 0 Å². The van der Waals surface area contributed by atoms with Crippen LogP contribution in [0.1, 0.15) is 0 Å². The molecule has 0 amide bonds. The molecule has 0 radical (unpaired) electrons. The van der Waals surface area contributed by atoms with Gasteiger partial charge in [-0.1, -0.05) is 22.0 Å². The van der Waals surface area contributed by atoms with Crippen molar-refractivity contribution < 1.29 is 13.5 Å². The lowest BCUT2D eigenvalue weighted by Crippen LogP contribution is -2.31. The topological polar surface area (TPSA) is 25.4 Å². The van der Waals surface area contributed by atoms with Crippen molar-refractivity contribution >= 4 is 21.7 Å². The molecule has 0 bridgehead atoms. The Morgan fingerprint density at radius 2 is 2.25 bits per heavy atom. The Kier molecular flexibility index (Phi) is 5.45. The molecule has 6 heteroatoms. The van der Waals surface area contributed by atoms with Crippen molar-refractivity contribution in [3.05, 3.63) is 18.2 Å². The van der Waals surface area contributed by atoms with Gasteiger partial charge in [-0.05, 0) is 6.07 Å². The molecule has 0 fully saturated rings. The number of methoxy groups -OCH3 is 1. The molecule has 1 aromatic heterocycles. The van der Waals surface area contributed by atoms with Crippen molar-refractivity contribution in [1.29, 1.82) is 0 Å². The Morgan fingerprint density at radius 1 is 1.50 bits per heavy atom. The van der Waals surface area contributed by atoms with Crippen LogP contribution < -0.4 is 9.64 Å². The lowest BCUT2D eigenvalue weighted by Gasteiger charge is -2.22. The number of pyridine rings is 1. The van der Waals surface area contributed by atoms with Crippen LogP contribution in [0.25, 0.3) is 0 Å². The second kappa shape index (κ2) is 6.62. The minimum absolute atomic E-state index is 0.328. The molecule has 1 heterocycles. The van der Waals surface area contributed by atoms with Crippen LogP contribution in [0.3, 0.4) is 0 Å². The van der Waals surface area contributed by atoms with Gasteiger partial charge < -0.3 is 9.64 Å². The molecule has 16 heavy (non-hydrogen) atoms. The number of ether oxygens (including phenoxy) is 1. The normalized spacial score (nSPS) is 10.6. The fourth-order valence-electron chi connectivity index (χ4n) is 1.26. The fourth-order valence-corrected chi connectivity index (χ4v) is 1.69. The summed E-state index contributed by atoms with van der Waals surface area (Å²) >= 11 is 3.23. The van der Waals surface area contributed by atoms with Gasteiger partial charge in [0.15, 0.2) is 0 Å². The molecule has 0 N–H and O–H groups in total. The highest BCUT2D eigenvalue weighted by molar-refractivity contribution is 9.09. The molecule has 0 saturated carbocycles. The van der Waals surface area contributed by atoms with E-state index in [2.05, 4.69) is 20.9 Å². The van der Waals surface area contributed by atoms with Gasteiger partial charge >= 0.3 is 0 Å². The van der Waals surface area contributed by atoms with Gasteiger partial charge in [-0.3, -0.25) is 0 Å². The van der Waals surface area contributed by atoms with Gasteiger partial charge in [0.1, 0.15) is 5.82 Å². The van der Waals surface area contributed by atoms with E-state index in [4.69, 9.17) is 4.74 Å². The SMILES string of the molecule is COc1cccc(N(CCBr)CC(F)F)n1. The highest BCUT2D eigenvalue weighted by Crippen LogP contribution is 2.16. The van der Waals surface area contributed by atoms with E-state index in [0.29, 0.717) is 23.6 Å². The Hall–Kier alpha value is -0.910. The van der Waals surface area contributed by atoms with Crippen LogP contribution in [0.15, 0.2) is 18.2 Å². The van der Waals surface area contributed by atoms with Crippen molar-refractivity contribution in [2.75, 3.05) is 30.4 Å². The van der Waals surface area contributed by atoms with E-state index in [1.54, 1.807) is 18.2 Å². The summed E-state index contributed by atoms with van der Waals surface area (Å²) in [6, 6.07) is 5.10. The van der Waals surface area contributed by atoms with Gasteiger partial charge in [0.2, 0.25) is 5.88 Å². The third-order valence-corrected chi connectivity index (χ3v) is 2.31. The molecule has 0 aliphatic heterocycles. The maximum absolute atomic E-state index is 12.4. The lowest BCUT2D eigenvalue weighted by atomic mass is 10.4. The Labute approximate surface area is 102 Å². The van der Waals surface area contributed by atoms with E-state index in [0.717, 1.165) is 0 Å². The molecule has 0 saturated heterocycles. The van der Waals surface area contributed by atoms with Gasteiger partial charge in [0, 0.05) is 17.9 Å². The smallest absolute Gasteiger partial charge is 0.255 e. The van der Waals surface area contributed by atoms with E-state index < -0.39 is 6.43 Å². The van der Waals surface area contributed by atoms with Crippen molar-refractivity contribution in [3.63, 3.8) is 0 Å². The number of aromatic nitrogens is 1. The van der Waals surface area contributed by atoms with Gasteiger partial charge in [-0.25, -0.2) is 8.78 Å². The highest BCUT2D eigenvalue weighted by atomic mass is 79.9. The molecular formula is C10H13BrF2N2O. The third-order valence-electron chi connectivity index (χ3n) is 1.95. The molecule has 0 unspecified atom stereocenters. The first kappa shape index (κ1) is 13.2. The number of alkyl halides is 3. The van der Waals surface area contributed by atoms with Crippen LogP contribution in [0, 0.1) is 0 Å². The molecule has 1 rings (SSSR count). The zero-order valence-corrected chi connectivity index (χ0v) is 10.5. The fraction of sp³-hybridized carbons (Fsp3) is 0.500. The number of nitrogens with zero attached hydrogens (tertiary/aromatic N) is 2. The minimum Gasteiger partial charge on any atom is -0.481 e. The zero-order chi connectivity index (χ0) is 12.0. The number of hydrogen-bond donors (Lipinski definition) is 0. The van der Waals surface area contributed by atoms with Crippen LogP contribution in [0.5, 0.6) is 5.88 Å². The van der Waals surface area contributed by atoms with Gasteiger partial charge in [0.05, 0.1) is 13.7 Å². The maximum Gasteiger partial charge on any atom is 0.255 e. The van der Waals surface area contributed by atoms with E-state index in [9.17, 15) is 8.78 Å². The van der Waals surface area contributed by atoms with Gasteiger partial charge in [-0.15, -0.1) is 0 Å². The second-order valence-electron chi connectivity index (χ2n) is 3.06. The summed E-state index contributed by atoms with van der Waals surface area (Å²) in [5.41, 5.74) is 0. The Balaban J connectivity index is 2.82. The largest absolute Gasteiger partial charge is 0.481 e. The summed E-state index contributed by atoms with van der Waals surface area (Å²) in [5, 5.41) is 0.610. The van der Waals surface area contributed by atoms with E-state index in [1.807, 2.05) is 0 Å². The monoisotopic (exact) mass is 294 g/mol. The summed E-state index contributed by atoms with van der Waals surface area (Å²) < 4.78 is 29.7. The van der Waals surface area contributed by atoms with Crippen LogP contribution in [-0.2, 0) is 0 Å². The van der Waals surface area contributed by atoms with Gasteiger partial charge in [0.25, 0.3) is 6.43 Å². The molecular weight excluding hydrogens is 282 g/mol. The first-order valence-electron chi connectivity index (χ1n) is 4.77. The van der Waals surface area contributed by atoms with Crippen LogP contribution in [0.4, 0.5) is 14.6 Å². The van der Waals surface area contributed by atoms with Crippen LogP contribution >= 0.6 is 15.9 Å². The zero-order valence-electron chi connectivity index (χ0n) is 8.87. The van der Waals surface area contributed by atoms with Crippen molar-refractivity contribution in [2.45, 2.75) is 6.43 Å². The first-order chi connectivity index (χ1) is 7.67. The van der Waals surface area contributed by atoms with Crippen molar-refractivity contribution in [1.82, 2.24) is 4.98 Å². The number of halogens is 3. The molecule has 90 valence electrons. The summed E-state index contributed by atoms with van der Waals surface area (Å²) in [5.74, 6) is 0.922. The molecule has 0 spiro atoms. The standard InChI is InChI=1S/C10H13BrF2N2O/c1-16-10-4-2-3-9(14-10)15(6-5-11)7-8(12)13/h2-4,8H,5-7H2,1H3. The van der Waals surface area contributed by atoms with Crippen molar-refractivity contribution in [3.8, 4) is 5.88 Å². The van der Waals surface area contributed by atoms with Gasteiger partial charge in [-0.2, -0.15) is 4.98 Å². The molecule has 0 aliphatic rings. The van der Waals surface area contributed by atoms with Crippen LogP contribution in [-0.4, -0.2) is 36.9 Å². The summed E-state index contributed by atoms with van der Waals surface area (Å²) in [6.45, 7) is 0.149. The average molecular weight is 295 g/mol. The summed E-state index contributed by atoms with van der Waals surface area (Å²) in [6.07, 6.45) is -2.38. The predicted molar refractivity (Wildman–Crippen MR) is 62.8 cm³/mol. The summed E-state index contributed by atoms with van der Waals surface area (Å²) in [4.78, 5) is 5.63. The van der Waals surface area contributed by atoms with Crippen LogP contribution in [0.2, 0.25) is 0 Å². The average Bonchev–Trinajstić information content (AvgIpc) is 2.28. The first-order valence-corrected chi connectivity index (χ1v) is 5.89. The number of hydrogen-bond acceptors (Lipinski definition) is 3. The molecule has 1 aromatic rings. The molecule has 3 nitrogen and oxygen atoms in total. The van der Waals surface area contributed by atoms with E-state index in [-0.39, 0.29) is 6.54 Å². The number of rotatable bonds is 6. The molecule has 0 aromatic carbocycles. The minimum atomic E-state index is -2.38. The Morgan fingerprint density at radius 3 is 2.81 bits per heavy atom. The van der Waals surface area contributed by atoms with E-state index in [1.165, 1.54) is 12.0 Å². The predicted octanol–water partition coefficient (Wildman–Crippen LogP) is 2.56. The van der Waals surface area contributed by atoms with E-state index >= 15 is 0 Å². The number of anilines is 1. The maximum atomic E-state index is 12.4. The third kappa shape index (κ3) is 3.92. The molecule has 0 aliphatic carbocycles.